The summed E-state index contributed by atoms with van der Waals surface area (Å²) in [6.07, 6.45) is -4.42. The predicted molar refractivity (Wildman–Crippen MR) is 113 cm³/mol. The van der Waals surface area contributed by atoms with Gasteiger partial charge in [0, 0.05) is 48.5 Å². The molecule has 0 spiro atoms. The fraction of sp³-hybridized carbons (Fsp3) is 0.619. The van der Waals surface area contributed by atoms with Crippen LogP contribution in [0, 0.1) is 0 Å². The summed E-state index contributed by atoms with van der Waals surface area (Å²) in [6.45, 7) is 5.12. The SMILES string of the molecule is CCOc1noc(C2CC(c3ccc(CC(F)(F)F)cc3)CN(N3CCS(=O)CC3)C2)n1. The Labute approximate surface area is 187 Å². The first-order valence-electron chi connectivity index (χ1n) is 10.8. The molecular weight excluding hydrogens is 445 g/mol. The van der Waals surface area contributed by atoms with E-state index in [4.69, 9.17) is 9.26 Å². The van der Waals surface area contributed by atoms with Gasteiger partial charge in [0.05, 0.1) is 18.9 Å². The van der Waals surface area contributed by atoms with E-state index < -0.39 is 23.4 Å². The van der Waals surface area contributed by atoms with Crippen molar-refractivity contribution in [2.24, 2.45) is 0 Å². The molecule has 2 aliphatic rings. The van der Waals surface area contributed by atoms with Crippen LogP contribution in [0.5, 0.6) is 6.01 Å². The number of nitrogens with zero attached hydrogens (tertiary/aromatic N) is 4. The van der Waals surface area contributed by atoms with Crippen LogP contribution in [0.25, 0.3) is 0 Å². The van der Waals surface area contributed by atoms with Crippen LogP contribution in [0.1, 0.15) is 42.2 Å². The zero-order chi connectivity index (χ0) is 22.7. The number of piperidine rings is 1. The van der Waals surface area contributed by atoms with Gasteiger partial charge in [0.15, 0.2) is 0 Å². The highest BCUT2D eigenvalue weighted by Gasteiger charge is 2.36. The molecule has 0 N–H and O–H groups in total. The number of alkyl halides is 3. The molecule has 32 heavy (non-hydrogen) atoms. The van der Waals surface area contributed by atoms with Crippen LogP contribution in [-0.2, 0) is 17.2 Å². The van der Waals surface area contributed by atoms with Crippen molar-refractivity contribution in [3.05, 3.63) is 41.3 Å². The van der Waals surface area contributed by atoms with Crippen LogP contribution >= 0.6 is 0 Å². The van der Waals surface area contributed by atoms with Crippen LogP contribution in [0.3, 0.4) is 0 Å². The molecule has 2 saturated heterocycles. The van der Waals surface area contributed by atoms with Gasteiger partial charge in [0.1, 0.15) is 0 Å². The van der Waals surface area contributed by atoms with Crippen LogP contribution in [0.2, 0.25) is 0 Å². The summed E-state index contributed by atoms with van der Waals surface area (Å²) in [4.78, 5) is 4.38. The van der Waals surface area contributed by atoms with Gasteiger partial charge in [-0.2, -0.15) is 18.2 Å². The summed E-state index contributed by atoms with van der Waals surface area (Å²) in [5.41, 5.74) is 1.23. The number of benzene rings is 1. The second-order valence-corrected chi connectivity index (χ2v) is 9.88. The van der Waals surface area contributed by atoms with Gasteiger partial charge in [-0.05, 0) is 35.5 Å². The maximum Gasteiger partial charge on any atom is 0.393 e. The molecule has 1 aromatic carbocycles. The van der Waals surface area contributed by atoms with Gasteiger partial charge in [0.2, 0.25) is 5.89 Å². The van der Waals surface area contributed by atoms with E-state index in [9.17, 15) is 17.4 Å². The van der Waals surface area contributed by atoms with Crippen molar-refractivity contribution in [1.29, 1.82) is 0 Å². The van der Waals surface area contributed by atoms with Gasteiger partial charge in [0.25, 0.3) is 0 Å². The van der Waals surface area contributed by atoms with Crippen molar-refractivity contribution in [3.63, 3.8) is 0 Å². The molecule has 1 aromatic heterocycles. The molecule has 0 saturated carbocycles. The molecule has 7 nitrogen and oxygen atoms in total. The Morgan fingerprint density at radius 1 is 1.12 bits per heavy atom. The van der Waals surface area contributed by atoms with Crippen molar-refractivity contribution in [2.75, 3.05) is 44.3 Å². The molecule has 11 heteroatoms. The zero-order valence-corrected chi connectivity index (χ0v) is 18.7. The van der Waals surface area contributed by atoms with Gasteiger partial charge in [-0.3, -0.25) is 4.21 Å². The van der Waals surface area contributed by atoms with Crippen molar-refractivity contribution in [1.82, 2.24) is 20.2 Å². The Balaban J connectivity index is 1.54. The molecule has 2 aromatic rings. The second kappa shape index (κ2) is 9.88. The lowest BCUT2D eigenvalue weighted by Gasteiger charge is -2.44. The highest BCUT2D eigenvalue weighted by Crippen LogP contribution is 2.37. The number of hydrogen-bond acceptors (Lipinski definition) is 7. The fourth-order valence-electron chi connectivity index (χ4n) is 4.35. The zero-order valence-electron chi connectivity index (χ0n) is 17.9. The van der Waals surface area contributed by atoms with Crippen LogP contribution < -0.4 is 4.74 Å². The molecule has 4 rings (SSSR count). The van der Waals surface area contributed by atoms with Gasteiger partial charge >= 0.3 is 12.2 Å². The van der Waals surface area contributed by atoms with Crippen molar-refractivity contribution < 1.29 is 26.6 Å². The minimum atomic E-state index is -4.22. The summed E-state index contributed by atoms with van der Waals surface area (Å²) in [5, 5.41) is 8.34. The summed E-state index contributed by atoms with van der Waals surface area (Å²) < 4.78 is 60.7. The quantitative estimate of drug-likeness (QED) is 0.640. The number of hydrogen-bond donors (Lipinski definition) is 0. The molecule has 2 aliphatic heterocycles. The number of halogens is 3. The third-order valence-corrected chi connectivity index (χ3v) is 7.16. The van der Waals surface area contributed by atoms with E-state index in [2.05, 4.69) is 20.2 Å². The van der Waals surface area contributed by atoms with Gasteiger partial charge in [-0.25, -0.2) is 10.0 Å². The molecular formula is C21H27F3N4O3S. The Hall–Kier alpha value is -1.98. The number of aromatic nitrogens is 2. The summed E-state index contributed by atoms with van der Waals surface area (Å²) >= 11 is 0. The summed E-state index contributed by atoms with van der Waals surface area (Å²) in [6, 6.07) is 6.90. The molecule has 0 bridgehead atoms. The molecule has 2 unspecified atom stereocenters. The van der Waals surface area contributed by atoms with E-state index >= 15 is 0 Å². The predicted octanol–water partition coefficient (Wildman–Crippen LogP) is 3.13. The summed E-state index contributed by atoms with van der Waals surface area (Å²) in [5.74, 6) is 1.80. The van der Waals surface area contributed by atoms with E-state index in [-0.39, 0.29) is 23.4 Å². The Morgan fingerprint density at radius 2 is 1.81 bits per heavy atom. The third-order valence-electron chi connectivity index (χ3n) is 5.89. The first-order valence-corrected chi connectivity index (χ1v) is 12.3. The molecule has 3 heterocycles. The van der Waals surface area contributed by atoms with E-state index in [1.807, 2.05) is 6.92 Å². The van der Waals surface area contributed by atoms with E-state index in [0.29, 0.717) is 43.6 Å². The summed E-state index contributed by atoms with van der Waals surface area (Å²) in [7, 11) is -0.783. The lowest BCUT2D eigenvalue weighted by molar-refractivity contribution is -0.127. The maximum absolute atomic E-state index is 12.7. The van der Waals surface area contributed by atoms with Crippen molar-refractivity contribution >= 4 is 10.8 Å². The minimum absolute atomic E-state index is 0.0438. The minimum Gasteiger partial charge on any atom is -0.462 e. The number of hydrazine groups is 1. The second-order valence-electron chi connectivity index (χ2n) is 8.18. The maximum atomic E-state index is 12.7. The average molecular weight is 473 g/mol. The Kier molecular flexibility index (Phi) is 7.16. The standard InChI is InChI=1S/C21H27F3N4O3S/c1-2-30-20-25-19(31-26-20)18-11-17(13-28(14-18)27-7-9-32(29)10-8-27)16-5-3-15(4-6-16)12-21(22,23)24/h3-6,17-18H,2,7-14H2,1H3. The smallest absolute Gasteiger partial charge is 0.393 e. The highest BCUT2D eigenvalue weighted by molar-refractivity contribution is 7.85. The van der Waals surface area contributed by atoms with E-state index in [0.717, 1.165) is 18.5 Å². The first kappa shape index (κ1) is 23.2. The fourth-order valence-corrected chi connectivity index (χ4v) is 5.38. The largest absolute Gasteiger partial charge is 0.462 e. The van der Waals surface area contributed by atoms with E-state index in [1.54, 1.807) is 24.3 Å². The van der Waals surface area contributed by atoms with Crippen molar-refractivity contribution in [3.8, 4) is 6.01 Å². The van der Waals surface area contributed by atoms with Crippen LogP contribution in [0.4, 0.5) is 13.2 Å². The van der Waals surface area contributed by atoms with Crippen LogP contribution in [-0.4, -0.2) is 74.8 Å². The lowest BCUT2D eigenvalue weighted by atomic mass is 9.84. The number of rotatable bonds is 6. The molecule has 0 aliphatic carbocycles. The molecule has 0 amide bonds. The van der Waals surface area contributed by atoms with Crippen LogP contribution in [0.15, 0.2) is 28.8 Å². The number of ether oxygens (including phenoxy) is 1. The van der Waals surface area contributed by atoms with Gasteiger partial charge < -0.3 is 9.26 Å². The average Bonchev–Trinajstić information content (AvgIpc) is 3.22. The molecule has 2 fully saturated rings. The van der Waals surface area contributed by atoms with E-state index in [1.165, 1.54) is 0 Å². The Morgan fingerprint density at radius 3 is 2.47 bits per heavy atom. The topological polar surface area (TPSA) is 71.7 Å². The first-order chi connectivity index (χ1) is 15.3. The molecule has 176 valence electrons. The lowest BCUT2D eigenvalue weighted by Crippen LogP contribution is -2.54. The third kappa shape index (κ3) is 5.87. The highest BCUT2D eigenvalue weighted by atomic mass is 32.2. The molecule has 2 atom stereocenters. The van der Waals surface area contributed by atoms with Gasteiger partial charge in [-0.15, -0.1) is 0 Å². The monoisotopic (exact) mass is 472 g/mol. The van der Waals surface area contributed by atoms with Crippen molar-refractivity contribution in [2.45, 2.75) is 37.8 Å². The normalized spacial score (nSPS) is 24.0. The van der Waals surface area contributed by atoms with Gasteiger partial charge in [-0.1, -0.05) is 24.3 Å². The molecule has 0 radical (unpaired) electrons. The Bertz CT molecular complexity index is 912.